The number of halogens is 1. The van der Waals surface area contributed by atoms with E-state index in [0.717, 1.165) is 43.5 Å². The minimum absolute atomic E-state index is 0.0488. The van der Waals surface area contributed by atoms with Gasteiger partial charge in [-0.15, -0.1) is 11.3 Å². The van der Waals surface area contributed by atoms with E-state index in [-0.39, 0.29) is 17.8 Å². The molecule has 3 heterocycles. The van der Waals surface area contributed by atoms with E-state index < -0.39 is 15.6 Å². The van der Waals surface area contributed by atoms with Crippen molar-refractivity contribution in [3.63, 3.8) is 0 Å². The van der Waals surface area contributed by atoms with Gasteiger partial charge < -0.3 is 20.8 Å². The van der Waals surface area contributed by atoms with Crippen LogP contribution in [0.4, 0.5) is 0 Å². The van der Waals surface area contributed by atoms with Crippen molar-refractivity contribution >= 4 is 55.4 Å². The first-order valence-electron chi connectivity index (χ1n) is 10.8. The molecule has 180 valence electrons. The molecule has 0 amide bonds. The summed E-state index contributed by atoms with van der Waals surface area (Å²) in [6.45, 7) is 1.76. The maximum atomic E-state index is 12.7. The predicted octanol–water partition coefficient (Wildman–Crippen LogP) is 3.74. The van der Waals surface area contributed by atoms with Crippen LogP contribution in [-0.2, 0) is 15.6 Å². The Morgan fingerprint density at radius 2 is 2.18 bits per heavy atom. The van der Waals surface area contributed by atoms with Crippen molar-refractivity contribution in [2.24, 2.45) is 10.7 Å². The molecule has 1 unspecified atom stereocenters. The highest BCUT2D eigenvalue weighted by molar-refractivity contribution is 7.89. The van der Waals surface area contributed by atoms with Crippen LogP contribution in [0, 0.1) is 0 Å². The smallest absolute Gasteiger partial charge is 0.239 e. The molecule has 11 heteroatoms. The number of ether oxygens (including phenoxy) is 1. The monoisotopic (exact) mass is 519 g/mol. The quantitative estimate of drug-likeness (QED) is 0.475. The number of nitrogens with one attached hydrogen (secondary N) is 2. The molecule has 34 heavy (non-hydrogen) atoms. The van der Waals surface area contributed by atoms with Crippen molar-refractivity contribution in [2.45, 2.75) is 24.9 Å². The van der Waals surface area contributed by atoms with Gasteiger partial charge in [0.2, 0.25) is 16.0 Å². The van der Waals surface area contributed by atoms with Gasteiger partial charge in [-0.3, -0.25) is 0 Å². The molecule has 2 aliphatic rings. The molecular formula is C23H26ClN5O3S2. The second-order valence-corrected chi connectivity index (χ2v) is 12.2. The Labute approximate surface area is 207 Å². The van der Waals surface area contributed by atoms with Crippen LogP contribution in [0.25, 0.3) is 27.0 Å². The minimum Gasteiger partial charge on any atom is -0.495 e. The molecule has 0 bridgehead atoms. The Bertz CT molecular complexity index is 1470. The van der Waals surface area contributed by atoms with Crippen molar-refractivity contribution in [3.8, 4) is 16.3 Å². The lowest BCUT2D eigenvalue weighted by Crippen LogP contribution is -2.50. The fraction of sp³-hybridized carbons (Fsp3) is 0.348. The first-order chi connectivity index (χ1) is 16.1. The van der Waals surface area contributed by atoms with Crippen LogP contribution in [-0.4, -0.2) is 56.7 Å². The summed E-state index contributed by atoms with van der Waals surface area (Å²) in [5.41, 5.74) is 9.00. The van der Waals surface area contributed by atoms with E-state index in [1.807, 2.05) is 25.2 Å². The summed E-state index contributed by atoms with van der Waals surface area (Å²) in [7, 11) is 1.40. The summed E-state index contributed by atoms with van der Waals surface area (Å²) >= 11 is 8.14. The van der Waals surface area contributed by atoms with Gasteiger partial charge in [-0.1, -0.05) is 29.8 Å². The summed E-state index contributed by atoms with van der Waals surface area (Å²) in [4.78, 5) is 9.63. The second-order valence-electron chi connectivity index (χ2n) is 8.75. The van der Waals surface area contributed by atoms with Crippen molar-refractivity contribution in [1.29, 1.82) is 0 Å². The number of hydrogen-bond donors (Lipinski definition) is 3. The third-order valence-corrected chi connectivity index (χ3v) is 10.4. The lowest BCUT2D eigenvalue weighted by molar-refractivity contribution is 0.419. The Morgan fingerprint density at radius 1 is 1.41 bits per heavy atom. The zero-order chi connectivity index (χ0) is 24.4. The molecule has 1 aliphatic heterocycles. The fourth-order valence-corrected chi connectivity index (χ4v) is 7.84. The van der Waals surface area contributed by atoms with Gasteiger partial charge in [-0.2, -0.15) is 0 Å². The third kappa shape index (κ3) is 3.43. The van der Waals surface area contributed by atoms with Crippen LogP contribution in [0.2, 0.25) is 5.02 Å². The highest BCUT2D eigenvalue weighted by Gasteiger charge is 2.43. The van der Waals surface area contributed by atoms with Crippen LogP contribution in [0.1, 0.15) is 23.8 Å². The number of H-pyrrole nitrogens is 1. The lowest BCUT2D eigenvalue weighted by Gasteiger charge is -2.33. The SMILES string of the molecule is CNC1CC=C1c1c(-c2cc(Cl)c([C@]3(C)CS(=O)(=O)N(C)C(N)=N3)s2)[nH]c2c(OC)cccc12. The summed E-state index contributed by atoms with van der Waals surface area (Å²) in [5.74, 6) is 0.490. The zero-order valence-corrected chi connectivity index (χ0v) is 21.7. The van der Waals surface area contributed by atoms with Gasteiger partial charge >= 0.3 is 0 Å². The number of fused-ring (bicyclic) bond motifs is 1. The van der Waals surface area contributed by atoms with E-state index in [2.05, 4.69) is 27.4 Å². The molecular weight excluding hydrogens is 494 g/mol. The van der Waals surface area contributed by atoms with Crippen molar-refractivity contribution < 1.29 is 13.2 Å². The first kappa shape index (κ1) is 23.2. The zero-order valence-electron chi connectivity index (χ0n) is 19.3. The topological polar surface area (TPSA) is 113 Å². The van der Waals surface area contributed by atoms with E-state index >= 15 is 0 Å². The number of thiophene rings is 1. The highest BCUT2D eigenvalue weighted by atomic mass is 35.5. The standard InChI is InChI=1S/C23H26ClN5O3S2/c1-23(11-34(30,31)29(3)22(25)28-23)21-14(24)10-17(33-21)20-18(12-8-9-15(12)26-2)13-6-5-7-16(32-4)19(13)27-20/h5-8,10,15,26-27H,9,11H2,1-4H3,(H2,25,28)/t15?,23-/m0/s1. The number of nitrogens with zero attached hydrogens (tertiary/aromatic N) is 2. The number of methoxy groups -OCH3 is 1. The van der Waals surface area contributed by atoms with Gasteiger partial charge in [-0.25, -0.2) is 17.7 Å². The Hall–Kier alpha value is -2.53. The van der Waals surface area contributed by atoms with Crippen LogP contribution in [0.15, 0.2) is 35.3 Å². The van der Waals surface area contributed by atoms with Gasteiger partial charge in [-0.05, 0) is 38.1 Å². The van der Waals surface area contributed by atoms with Crippen molar-refractivity contribution in [2.75, 3.05) is 27.0 Å². The largest absolute Gasteiger partial charge is 0.495 e. The number of rotatable bonds is 5. The molecule has 4 N–H and O–H groups in total. The van der Waals surface area contributed by atoms with Gasteiger partial charge in [0.05, 0.1) is 38.9 Å². The maximum absolute atomic E-state index is 12.7. The van der Waals surface area contributed by atoms with Crippen molar-refractivity contribution in [3.05, 3.63) is 45.8 Å². The molecule has 2 aromatic heterocycles. The number of aromatic nitrogens is 1. The van der Waals surface area contributed by atoms with Gasteiger partial charge in [0.1, 0.15) is 11.3 Å². The highest BCUT2D eigenvalue weighted by Crippen LogP contribution is 2.48. The second kappa shape index (κ2) is 8.01. The van der Waals surface area contributed by atoms with Crippen LogP contribution in [0.5, 0.6) is 5.75 Å². The molecule has 1 aromatic carbocycles. The first-order valence-corrected chi connectivity index (χ1v) is 13.6. The summed E-state index contributed by atoms with van der Waals surface area (Å²) in [6, 6.07) is 8.10. The molecule has 0 saturated carbocycles. The molecule has 0 spiro atoms. The van der Waals surface area contributed by atoms with Crippen molar-refractivity contribution in [1.82, 2.24) is 14.6 Å². The van der Waals surface area contributed by atoms with Gasteiger partial charge in [0.25, 0.3) is 0 Å². The van der Waals surface area contributed by atoms with E-state index in [1.165, 1.54) is 24.0 Å². The van der Waals surface area contributed by atoms with Crippen LogP contribution < -0.4 is 15.8 Å². The van der Waals surface area contributed by atoms with Gasteiger partial charge in [0.15, 0.2) is 0 Å². The fourth-order valence-electron chi connectivity index (χ4n) is 4.67. The van der Waals surface area contributed by atoms with Crippen LogP contribution in [0.3, 0.4) is 0 Å². The van der Waals surface area contributed by atoms with E-state index in [1.54, 1.807) is 14.0 Å². The van der Waals surface area contributed by atoms with E-state index in [9.17, 15) is 8.42 Å². The maximum Gasteiger partial charge on any atom is 0.239 e. The lowest BCUT2D eigenvalue weighted by atomic mass is 9.84. The molecule has 0 radical (unpaired) electrons. The number of hydrogen-bond acceptors (Lipinski definition) is 7. The summed E-state index contributed by atoms with van der Waals surface area (Å²) in [5, 5.41) is 4.88. The Kier molecular flexibility index (Phi) is 5.47. The average Bonchev–Trinajstić information content (AvgIpc) is 3.32. The number of aromatic amines is 1. The molecule has 2 atom stereocenters. The Morgan fingerprint density at radius 3 is 2.79 bits per heavy atom. The number of sulfonamides is 1. The normalized spacial score (nSPS) is 24.0. The molecule has 3 aromatic rings. The van der Waals surface area contributed by atoms with Crippen LogP contribution >= 0.6 is 22.9 Å². The minimum atomic E-state index is -3.61. The number of benzene rings is 1. The van der Waals surface area contributed by atoms with E-state index in [4.69, 9.17) is 22.1 Å². The molecule has 0 saturated heterocycles. The predicted molar refractivity (Wildman–Crippen MR) is 139 cm³/mol. The average molecular weight is 520 g/mol. The molecule has 0 fully saturated rings. The molecule has 8 nitrogen and oxygen atoms in total. The number of nitrogens with two attached hydrogens (primary N) is 1. The number of guanidine groups is 1. The van der Waals surface area contributed by atoms with Gasteiger partial charge in [0, 0.05) is 24.0 Å². The number of likely N-dealkylation sites (N-methyl/N-ethyl adjacent to an activating group) is 1. The Balaban J connectivity index is 1.71. The third-order valence-electron chi connectivity index (χ3n) is 6.59. The molecule has 5 rings (SSSR count). The number of aliphatic imine (C=N–C) groups is 1. The summed E-state index contributed by atoms with van der Waals surface area (Å²) < 4.78 is 32.0. The number of para-hydroxylation sites is 1. The van der Waals surface area contributed by atoms with E-state index in [0.29, 0.717) is 9.90 Å². The molecule has 1 aliphatic carbocycles. The summed E-state index contributed by atoms with van der Waals surface area (Å²) in [6.07, 6.45) is 3.18.